The van der Waals surface area contributed by atoms with Crippen LogP contribution in [-0.4, -0.2) is 21.7 Å². The van der Waals surface area contributed by atoms with Crippen LogP contribution in [0.5, 0.6) is 0 Å². The van der Waals surface area contributed by atoms with Gasteiger partial charge in [-0.3, -0.25) is 0 Å². The molecule has 0 aliphatic carbocycles. The van der Waals surface area contributed by atoms with Crippen molar-refractivity contribution < 1.29 is 4.52 Å². The molecule has 0 bridgehead atoms. The Labute approximate surface area is 104 Å². The fourth-order valence-corrected chi connectivity index (χ4v) is 1.64. The molecule has 0 aliphatic rings. The first-order valence-electron chi connectivity index (χ1n) is 5.15. The van der Waals surface area contributed by atoms with Crippen molar-refractivity contribution in [2.75, 3.05) is 11.9 Å². The van der Waals surface area contributed by atoms with Crippen LogP contribution in [0, 0.1) is 0 Å². The summed E-state index contributed by atoms with van der Waals surface area (Å²) >= 11 is 4.98. The number of aromatic nitrogens is 2. The largest absolute Gasteiger partial charge is 0.389 e. The zero-order valence-electron chi connectivity index (χ0n) is 9.09. The number of nitrogens with two attached hydrogens (primary N) is 1. The number of nitrogens with one attached hydrogen (secondary N) is 1. The lowest BCUT2D eigenvalue weighted by molar-refractivity contribution is 0.380. The maximum atomic E-state index is 5.63. The molecule has 6 heteroatoms. The van der Waals surface area contributed by atoms with Gasteiger partial charge >= 0.3 is 0 Å². The van der Waals surface area contributed by atoms with Crippen molar-refractivity contribution in [3.63, 3.8) is 0 Å². The van der Waals surface area contributed by atoms with Crippen LogP contribution >= 0.6 is 12.2 Å². The molecule has 1 heterocycles. The fraction of sp³-hybridized carbons (Fsp3) is 0.182. The van der Waals surface area contributed by atoms with Crippen molar-refractivity contribution in [1.82, 2.24) is 10.1 Å². The van der Waals surface area contributed by atoms with Crippen LogP contribution in [0.2, 0.25) is 0 Å². The van der Waals surface area contributed by atoms with E-state index >= 15 is 0 Å². The molecular weight excluding hydrogens is 236 g/mol. The number of hydrogen-bond donors (Lipinski definition) is 2. The van der Waals surface area contributed by atoms with Gasteiger partial charge < -0.3 is 15.6 Å². The number of rotatable bonds is 5. The second-order valence-corrected chi connectivity index (χ2v) is 3.86. The van der Waals surface area contributed by atoms with E-state index in [4.69, 9.17) is 22.5 Å². The van der Waals surface area contributed by atoms with Crippen LogP contribution in [0.1, 0.15) is 11.5 Å². The van der Waals surface area contributed by atoms with Crippen molar-refractivity contribution >= 4 is 22.9 Å². The minimum atomic E-state index is 0.380. The molecular formula is C11H12N4OS. The highest BCUT2D eigenvalue weighted by Crippen LogP contribution is 2.14. The maximum absolute atomic E-state index is 5.63. The first kappa shape index (κ1) is 11.5. The van der Waals surface area contributed by atoms with E-state index in [0.29, 0.717) is 23.8 Å². The lowest BCUT2D eigenvalue weighted by Gasteiger charge is -2.09. The van der Waals surface area contributed by atoms with Crippen molar-refractivity contribution in [2.45, 2.75) is 6.42 Å². The lowest BCUT2D eigenvalue weighted by Crippen LogP contribution is -2.14. The Bertz CT molecular complexity index is 498. The van der Waals surface area contributed by atoms with Gasteiger partial charge in [-0.2, -0.15) is 4.98 Å². The number of hydrogen-bond acceptors (Lipinski definition) is 5. The first-order valence-corrected chi connectivity index (χ1v) is 5.56. The Morgan fingerprint density at radius 1 is 1.41 bits per heavy atom. The van der Waals surface area contributed by atoms with Gasteiger partial charge in [0.15, 0.2) is 6.33 Å². The van der Waals surface area contributed by atoms with E-state index < -0.39 is 0 Å². The van der Waals surface area contributed by atoms with Crippen LogP contribution < -0.4 is 11.1 Å². The average molecular weight is 248 g/mol. The first-order chi connectivity index (χ1) is 8.27. The predicted octanol–water partition coefficient (Wildman–Crippen LogP) is 1.36. The standard InChI is InChI=1S/C11H12N4OS/c12-11(17)8-3-1-2-4-9(8)13-6-5-10-14-7-15-16-10/h1-4,7,13H,5-6H2,(H2,12,17). The summed E-state index contributed by atoms with van der Waals surface area (Å²) < 4.78 is 4.90. The van der Waals surface area contributed by atoms with Gasteiger partial charge in [-0.15, -0.1) is 0 Å². The molecule has 17 heavy (non-hydrogen) atoms. The summed E-state index contributed by atoms with van der Waals surface area (Å²) in [7, 11) is 0. The minimum absolute atomic E-state index is 0.380. The SMILES string of the molecule is NC(=S)c1ccccc1NCCc1ncno1. The van der Waals surface area contributed by atoms with E-state index in [1.165, 1.54) is 6.33 Å². The molecule has 0 amide bonds. The molecule has 2 aromatic rings. The molecule has 5 nitrogen and oxygen atoms in total. The summed E-state index contributed by atoms with van der Waals surface area (Å²) in [5.41, 5.74) is 7.39. The summed E-state index contributed by atoms with van der Waals surface area (Å²) in [4.78, 5) is 4.32. The highest BCUT2D eigenvalue weighted by atomic mass is 32.1. The molecule has 88 valence electrons. The molecule has 0 radical (unpaired) electrons. The van der Waals surface area contributed by atoms with Crippen molar-refractivity contribution in [2.24, 2.45) is 5.73 Å². The number of thiocarbonyl (C=S) groups is 1. The number of anilines is 1. The third-order valence-corrected chi connectivity index (χ3v) is 2.47. The highest BCUT2D eigenvalue weighted by molar-refractivity contribution is 7.80. The normalized spacial score (nSPS) is 10.1. The van der Waals surface area contributed by atoms with E-state index in [0.717, 1.165) is 11.3 Å². The van der Waals surface area contributed by atoms with Crippen molar-refractivity contribution in [3.05, 3.63) is 42.0 Å². The molecule has 1 aromatic heterocycles. The fourth-order valence-electron chi connectivity index (χ4n) is 1.46. The number of para-hydroxylation sites is 1. The van der Waals surface area contributed by atoms with Gasteiger partial charge in [0.05, 0.1) is 0 Å². The van der Waals surface area contributed by atoms with E-state index in [9.17, 15) is 0 Å². The summed E-state index contributed by atoms with van der Waals surface area (Å²) in [5, 5.41) is 6.78. The van der Waals surface area contributed by atoms with Crippen LogP contribution in [0.25, 0.3) is 0 Å². The zero-order chi connectivity index (χ0) is 12.1. The highest BCUT2D eigenvalue weighted by Gasteiger charge is 2.04. The van der Waals surface area contributed by atoms with Crippen molar-refractivity contribution in [1.29, 1.82) is 0 Å². The molecule has 0 saturated heterocycles. The molecule has 1 aromatic carbocycles. The summed E-state index contributed by atoms with van der Waals surface area (Å²) in [6, 6.07) is 7.65. The molecule has 2 rings (SSSR count). The maximum Gasteiger partial charge on any atom is 0.228 e. The summed E-state index contributed by atoms with van der Waals surface area (Å²) in [5.74, 6) is 0.602. The Morgan fingerprint density at radius 2 is 2.24 bits per heavy atom. The Balaban J connectivity index is 1.97. The third kappa shape index (κ3) is 3.01. The van der Waals surface area contributed by atoms with Crippen LogP contribution in [0.3, 0.4) is 0 Å². The third-order valence-electron chi connectivity index (χ3n) is 2.25. The molecule has 0 unspecified atom stereocenters. The Kier molecular flexibility index (Phi) is 3.66. The zero-order valence-corrected chi connectivity index (χ0v) is 9.91. The second kappa shape index (κ2) is 5.40. The molecule has 0 atom stereocenters. The molecule has 0 fully saturated rings. The van der Waals surface area contributed by atoms with Crippen LogP contribution in [0.4, 0.5) is 5.69 Å². The van der Waals surface area contributed by atoms with Gasteiger partial charge in [-0.05, 0) is 12.1 Å². The van der Waals surface area contributed by atoms with E-state index in [1.54, 1.807) is 0 Å². The van der Waals surface area contributed by atoms with E-state index in [-0.39, 0.29) is 0 Å². The van der Waals surface area contributed by atoms with Gasteiger partial charge in [0.25, 0.3) is 0 Å². The summed E-state index contributed by atoms with van der Waals surface area (Å²) in [6.45, 7) is 0.682. The predicted molar refractivity (Wildman–Crippen MR) is 68.8 cm³/mol. The Morgan fingerprint density at radius 3 is 2.94 bits per heavy atom. The molecule has 0 aliphatic heterocycles. The van der Waals surface area contributed by atoms with Gasteiger partial charge in [-0.25, -0.2) is 0 Å². The average Bonchev–Trinajstić information content (AvgIpc) is 2.82. The molecule has 0 saturated carbocycles. The monoisotopic (exact) mass is 248 g/mol. The van der Waals surface area contributed by atoms with Crippen LogP contribution in [0.15, 0.2) is 35.1 Å². The van der Waals surface area contributed by atoms with Gasteiger partial charge in [-0.1, -0.05) is 29.5 Å². The van der Waals surface area contributed by atoms with Gasteiger partial charge in [0, 0.05) is 24.2 Å². The van der Waals surface area contributed by atoms with Crippen molar-refractivity contribution in [3.8, 4) is 0 Å². The topological polar surface area (TPSA) is 77.0 Å². The number of nitrogens with zero attached hydrogens (tertiary/aromatic N) is 2. The number of benzene rings is 1. The minimum Gasteiger partial charge on any atom is -0.389 e. The quantitative estimate of drug-likeness (QED) is 0.778. The lowest BCUT2D eigenvalue weighted by atomic mass is 10.2. The van der Waals surface area contributed by atoms with E-state index in [2.05, 4.69) is 15.5 Å². The smallest absolute Gasteiger partial charge is 0.228 e. The van der Waals surface area contributed by atoms with Gasteiger partial charge in [0.2, 0.25) is 5.89 Å². The molecule has 3 N–H and O–H groups in total. The summed E-state index contributed by atoms with van der Waals surface area (Å²) in [6.07, 6.45) is 2.05. The Hall–Kier alpha value is -1.95. The van der Waals surface area contributed by atoms with Crippen LogP contribution in [-0.2, 0) is 6.42 Å². The van der Waals surface area contributed by atoms with Gasteiger partial charge in [0.1, 0.15) is 4.99 Å². The molecule has 0 spiro atoms. The second-order valence-electron chi connectivity index (χ2n) is 3.42. The van der Waals surface area contributed by atoms with E-state index in [1.807, 2.05) is 24.3 Å².